The molecule has 168 valence electrons. The fourth-order valence-corrected chi connectivity index (χ4v) is 5.26. The van der Waals surface area contributed by atoms with E-state index in [4.69, 9.17) is 9.15 Å². The Labute approximate surface area is 188 Å². The first-order valence-corrected chi connectivity index (χ1v) is 12.0. The van der Waals surface area contributed by atoms with Crippen molar-refractivity contribution >= 4 is 16.0 Å². The molecular weight excluding hydrogens is 428 g/mol. The van der Waals surface area contributed by atoms with Crippen molar-refractivity contribution in [1.82, 2.24) is 9.29 Å². The average molecular weight is 455 g/mol. The van der Waals surface area contributed by atoms with Crippen molar-refractivity contribution in [2.75, 3.05) is 13.1 Å². The van der Waals surface area contributed by atoms with Gasteiger partial charge in [0.15, 0.2) is 0 Å². The van der Waals surface area contributed by atoms with E-state index in [9.17, 15) is 13.2 Å². The minimum Gasteiger partial charge on any atom is -0.459 e. The van der Waals surface area contributed by atoms with E-state index in [0.717, 1.165) is 16.7 Å². The Bertz CT molecular complexity index is 1200. The fourth-order valence-electron chi connectivity index (χ4n) is 3.70. The molecule has 0 radical (unpaired) electrons. The zero-order valence-electron chi connectivity index (χ0n) is 18.2. The molecule has 0 saturated carbocycles. The molecule has 1 fully saturated rings. The molecule has 4 rings (SSSR count). The summed E-state index contributed by atoms with van der Waals surface area (Å²) in [6.45, 7) is 4.45. The molecule has 7 nitrogen and oxygen atoms in total. The number of aryl methyl sites for hydroxylation is 2. The van der Waals surface area contributed by atoms with Crippen LogP contribution < -0.4 is 0 Å². The van der Waals surface area contributed by atoms with E-state index in [1.165, 1.54) is 10.6 Å². The predicted octanol–water partition coefficient (Wildman–Crippen LogP) is 4.10. The maximum Gasteiger partial charge on any atom is 0.309 e. The number of sulfonamides is 1. The van der Waals surface area contributed by atoms with Gasteiger partial charge in [-0.2, -0.15) is 4.31 Å². The molecule has 1 saturated heterocycles. The zero-order chi connectivity index (χ0) is 22.7. The third kappa shape index (κ3) is 4.76. The normalized spacial score (nSPS) is 15.6. The second kappa shape index (κ2) is 9.26. The van der Waals surface area contributed by atoms with Crippen molar-refractivity contribution in [3.63, 3.8) is 0 Å². The first-order valence-electron chi connectivity index (χ1n) is 10.6. The van der Waals surface area contributed by atoms with Crippen molar-refractivity contribution < 1.29 is 22.4 Å². The molecular formula is C24H26N2O5S. The molecule has 3 aromatic rings. The Balaban J connectivity index is 1.31. The molecule has 1 aliphatic rings. The molecule has 0 bridgehead atoms. The zero-order valence-corrected chi connectivity index (χ0v) is 19.0. The summed E-state index contributed by atoms with van der Waals surface area (Å²) < 4.78 is 38.2. The highest BCUT2D eigenvalue weighted by Gasteiger charge is 2.33. The van der Waals surface area contributed by atoms with Crippen LogP contribution in [0.2, 0.25) is 0 Å². The summed E-state index contributed by atoms with van der Waals surface area (Å²) in [5.41, 5.74) is 3.37. The second-order valence-corrected chi connectivity index (χ2v) is 9.98. The van der Waals surface area contributed by atoms with E-state index in [1.807, 2.05) is 50.2 Å². The molecule has 2 aromatic carbocycles. The van der Waals surface area contributed by atoms with E-state index in [2.05, 4.69) is 4.98 Å². The second-order valence-electron chi connectivity index (χ2n) is 8.04. The summed E-state index contributed by atoms with van der Waals surface area (Å²) in [6, 6.07) is 14.6. The number of ether oxygens (including phenoxy) is 1. The number of hydrogen-bond donors (Lipinski definition) is 0. The topological polar surface area (TPSA) is 89.7 Å². The molecule has 2 heterocycles. The monoisotopic (exact) mass is 454 g/mol. The van der Waals surface area contributed by atoms with E-state index in [0.29, 0.717) is 29.3 Å². The van der Waals surface area contributed by atoms with E-state index in [-0.39, 0.29) is 31.6 Å². The summed E-state index contributed by atoms with van der Waals surface area (Å²) in [5, 5.41) is 0. The largest absolute Gasteiger partial charge is 0.459 e. The number of hydrogen-bond acceptors (Lipinski definition) is 6. The summed E-state index contributed by atoms with van der Waals surface area (Å²) in [6.07, 6.45) is 2.34. The minimum atomic E-state index is -3.57. The number of benzene rings is 2. The molecule has 1 aromatic heterocycles. The molecule has 0 aliphatic carbocycles. The Hall–Kier alpha value is -2.97. The molecule has 8 heteroatoms. The van der Waals surface area contributed by atoms with Gasteiger partial charge in [0.1, 0.15) is 18.6 Å². The number of aromatic nitrogens is 1. The van der Waals surface area contributed by atoms with Gasteiger partial charge < -0.3 is 9.15 Å². The summed E-state index contributed by atoms with van der Waals surface area (Å²) in [4.78, 5) is 17.2. The number of nitrogens with zero attached hydrogens (tertiary/aromatic N) is 2. The lowest BCUT2D eigenvalue weighted by atomic mass is 9.98. The first kappa shape index (κ1) is 22.2. The van der Waals surface area contributed by atoms with Gasteiger partial charge in [0.25, 0.3) is 0 Å². The third-order valence-electron chi connectivity index (χ3n) is 5.84. The summed E-state index contributed by atoms with van der Waals surface area (Å²) >= 11 is 0. The number of carbonyl (C=O) groups excluding carboxylic acids is 1. The molecule has 0 unspecified atom stereocenters. The van der Waals surface area contributed by atoms with Gasteiger partial charge in [-0.1, -0.05) is 24.3 Å². The van der Waals surface area contributed by atoms with Crippen LogP contribution in [0.5, 0.6) is 0 Å². The van der Waals surface area contributed by atoms with Crippen LogP contribution >= 0.6 is 0 Å². The van der Waals surface area contributed by atoms with Crippen LogP contribution in [0.3, 0.4) is 0 Å². The molecule has 0 atom stereocenters. The molecule has 0 spiro atoms. The van der Waals surface area contributed by atoms with Crippen molar-refractivity contribution in [1.29, 1.82) is 0 Å². The van der Waals surface area contributed by atoms with Gasteiger partial charge in [-0.15, -0.1) is 0 Å². The highest BCUT2D eigenvalue weighted by atomic mass is 32.2. The Morgan fingerprint density at radius 2 is 1.81 bits per heavy atom. The third-order valence-corrected chi connectivity index (χ3v) is 7.73. The smallest absolute Gasteiger partial charge is 0.309 e. The SMILES string of the molecule is Cc1ccc(S(=O)(=O)N2CCC(C(=O)OCc3coc(-c4ccccc4)n3)CC2)cc1C. The number of oxazole rings is 1. The van der Waals surface area contributed by atoms with Gasteiger partial charge in [-0.25, -0.2) is 13.4 Å². The number of piperidine rings is 1. The van der Waals surface area contributed by atoms with Gasteiger partial charge in [0.05, 0.1) is 10.8 Å². The van der Waals surface area contributed by atoms with Crippen LogP contribution in [0.1, 0.15) is 29.7 Å². The quantitative estimate of drug-likeness (QED) is 0.521. The average Bonchev–Trinajstić information content (AvgIpc) is 3.29. The lowest BCUT2D eigenvalue weighted by molar-refractivity contribution is -0.151. The van der Waals surface area contributed by atoms with Crippen LogP contribution in [-0.2, 0) is 26.2 Å². The van der Waals surface area contributed by atoms with Crippen molar-refractivity contribution in [2.45, 2.75) is 38.2 Å². The van der Waals surface area contributed by atoms with Gasteiger partial charge in [0, 0.05) is 18.7 Å². The van der Waals surface area contributed by atoms with Crippen LogP contribution in [0, 0.1) is 19.8 Å². The maximum absolute atomic E-state index is 12.9. The number of rotatable bonds is 6. The Morgan fingerprint density at radius 1 is 1.09 bits per heavy atom. The summed E-state index contributed by atoms with van der Waals surface area (Å²) in [5.74, 6) is -0.194. The van der Waals surface area contributed by atoms with Crippen molar-refractivity contribution in [3.8, 4) is 11.5 Å². The van der Waals surface area contributed by atoms with Gasteiger partial charge in [-0.3, -0.25) is 4.79 Å². The molecule has 32 heavy (non-hydrogen) atoms. The molecule has 0 N–H and O–H groups in total. The standard InChI is InChI=1S/C24H26N2O5S/c1-17-8-9-22(14-18(17)2)32(28,29)26-12-10-20(11-13-26)24(27)31-16-21-15-30-23(25-21)19-6-4-3-5-7-19/h3-9,14-15,20H,10-13,16H2,1-2H3. The van der Waals surface area contributed by atoms with Gasteiger partial charge >= 0.3 is 5.97 Å². The number of esters is 1. The Morgan fingerprint density at radius 3 is 2.50 bits per heavy atom. The van der Waals surface area contributed by atoms with E-state index < -0.39 is 10.0 Å². The lowest BCUT2D eigenvalue weighted by Gasteiger charge is -2.30. The van der Waals surface area contributed by atoms with E-state index >= 15 is 0 Å². The summed E-state index contributed by atoms with van der Waals surface area (Å²) in [7, 11) is -3.57. The molecule has 0 amide bonds. The minimum absolute atomic E-state index is 0.0241. The van der Waals surface area contributed by atoms with Crippen LogP contribution in [0.15, 0.2) is 64.1 Å². The number of carbonyl (C=O) groups is 1. The van der Waals surface area contributed by atoms with Gasteiger partial charge in [-0.05, 0) is 62.1 Å². The predicted molar refractivity (Wildman–Crippen MR) is 119 cm³/mol. The van der Waals surface area contributed by atoms with E-state index in [1.54, 1.807) is 12.1 Å². The maximum atomic E-state index is 12.9. The van der Waals surface area contributed by atoms with Crippen molar-refractivity contribution in [3.05, 3.63) is 71.6 Å². The highest BCUT2D eigenvalue weighted by molar-refractivity contribution is 7.89. The van der Waals surface area contributed by atoms with Gasteiger partial charge in [0.2, 0.25) is 15.9 Å². The van der Waals surface area contributed by atoms with Crippen molar-refractivity contribution in [2.24, 2.45) is 5.92 Å². The van der Waals surface area contributed by atoms with Crippen LogP contribution in [0.25, 0.3) is 11.5 Å². The molecule has 1 aliphatic heterocycles. The lowest BCUT2D eigenvalue weighted by Crippen LogP contribution is -2.40. The highest BCUT2D eigenvalue weighted by Crippen LogP contribution is 2.26. The Kier molecular flexibility index (Phi) is 6.43. The van der Waals surface area contributed by atoms with Crippen LogP contribution in [0.4, 0.5) is 0 Å². The van der Waals surface area contributed by atoms with Crippen LogP contribution in [-0.4, -0.2) is 36.8 Å². The first-order chi connectivity index (χ1) is 15.3. The fraction of sp³-hybridized carbons (Fsp3) is 0.333.